The van der Waals surface area contributed by atoms with Gasteiger partial charge in [0, 0.05) is 49.8 Å². The second-order valence-corrected chi connectivity index (χ2v) is 5.81. The summed E-state index contributed by atoms with van der Waals surface area (Å²) >= 11 is 0. The van der Waals surface area contributed by atoms with Crippen molar-refractivity contribution in [3.8, 4) is 5.88 Å². The van der Waals surface area contributed by atoms with Crippen LogP contribution in [0.4, 0.5) is 5.69 Å². The summed E-state index contributed by atoms with van der Waals surface area (Å²) in [6.07, 6.45) is 4.49. The topological polar surface area (TPSA) is 98.5 Å². The third-order valence-electron chi connectivity index (χ3n) is 4.17. The Kier molecular flexibility index (Phi) is 5.17. The molecule has 0 N–H and O–H groups in total. The van der Waals surface area contributed by atoms with Crippen LogP contribution in [-0.4, -0.2) is 44.9 Å². The number of benzene rings is 1. The van der Waals surface area contributed by atoms with Gasteiger partial charge in [0.1, 0.15) is 12.4 Å². The van der Waals surface area contributed by atoms with Crippen molar-refractivity contribution in [3.63, 3.8) is 0 Å². The maximum atomic E-state index is 12.4. The van der Waals surface area contributed by atoms with E-state index in [1.54, 1.807) is 35.4 Å². The van der Waals surface area contributed by atoms with Gasteiger partial charge in [-0.2, -0.15) is 0 Å². The summed E-state index contributed by atoms with van der Waals surface area (Å²) in [5.74, 6) is 0.425. The van der Waals surface area contributed by atoms with E-state index in [0.717, 1.165) is 0 Å². The highest BCUT2D eigenvalue weighted by Gasteiger charge is 2.25. The van der Waals surface area contributed by atoms with Gasteiger partial charge in [-0.05, 0) is 0 Å². The monoisotopic (exact) mass is 342 g/mol. The van der Waals surface area contributed by atoms with E-state index in [4.69, 9.17) is 4.74 Å². The molecule has 3 rings (SSSR count). The van der Waals surface area contributed by atoms with Gasteiger partial charge in [-0.3, -0.25) is 14.9 Å². The molecule has 0 spiro atoms. The molecule has 8 heteroatoms. The van der Waals surface area contributed by atoms with Crippen LogP contribution in [0.25, 0.3) is 0 Å². The fourth-order valence-corrected chi connectivity index (χ4v) is 2.86. The molecule has 130 valence electrons. The van der Waals surface area contributed by atoms with Gasteiger partial charge in [-0.25, -0.2) is 9.97 Å². The van der Waals surface area contributed by atoms with Crippen molar-refractivity contribution < 1.29 is 14.5 Å². The zero-order valence-corrected chi connectivity index (χ0v) is 13.6. The van der Waals surface area contributed by atoms with E-state index in [0.29, 0.717) is 37.4 Å². The number of nitro groups is 1. The first-order chi connectivity index (χ1) is 12.1. The van der Waals surface area contributed by atoms with E-state index < -0.39 is 4.92 Å². The van der Waals surface area contributed by atoms with Crippen LogP contribution in [0.15, 0.2) is 42.9 Å². The summed E-state index contributed by atoms with van der Waals surface area (Å²) in [7, 11) is 0. The van der Waals surface area contributed by atoms with Gasteiger partial charge >= 0.3 is 0 Å². The number of nitrogens with zero attached hydrogens (tertiary/aromatic N) is 4. The zero-order valence-electron chi connectivity index (χ0n) is 13.6. The van der Waals surface area contributed by atoms with Crippen molar-refractivity contribution >= 4 is 11.6 Å². The van der Waals surface area contributed by atoms with E-state index >= 15 is 0 Å². The van der Waals surface area contributed by atoms with E-state index in [1.165, 1.54) is 12.4 Å². The minimum Gasteiger partial charge on any atom is -0.474 e. The van der Waals surface area contributed by atoms with Crippen molar-refractivity contribution in [3.05, 3.63) is 58.5 Å². The Bertz CT molecular complexity index is 745. The lowest BCUT2D eigenvalue weighted by Crippen LogP contribution is -2.42. The van der Waals surface area contributed by atoms with Crippen LogP contribution in [0.5, 0.6) is 5.88 Å². The molecule has 1 aromatic heterocycles. The number of amides is 1. The Morgan fingerprint density at radius 3 is 2.72 bits per heavy atom. The molecule has 2 aromatic rings. The number of carbonyl (C=O) groups is 1. The Morgan fingerprint density at radius 2 is 2.04 bits per heavy atom. The molecule has 2 heterocycles. The number of hydrogen-bond acceptors (Lipinski definition) is 6. The average molecular weight is 342 g/mol. The molecule has 25 heavy (non-hydrogen) atoms. The quantitative estimate of drug-likeness (QED) is 0.609. The molecule has 1 saturated heterocycles. The smallest absolute Gasteiger partial charge is 0.273 e. The van der Waals surface area contributed by atoms with Crippen molar-refractivity contribution in [2.45, 2.75) is 25.4 Å². The molecule has 1 aromatic carbocycles. The number of piperidine rings is 1. The third kappa shape index (κ3) is 4.28. The van der Waals surface area contributed by atoms with Crippen LogP contribution in [0.2, 0.25) is 0 Å². The minimum absolute atomic E-state index is 0.00464. The standard InChI is InChI=1S/C17H18N4O4/c22-17(11-13-3-1-2-4-15(13)21(23)24)20-9-6-14(7-10-20)25-16-5-8-18-12-19-16/h1-5,8,12,14H,6-7,9-11H2. The molecular formula is C17H18N4O4. The van der Waals surface area contributed by atoms with Crippen molar-refractivity contribution in [1.82, 2.24) is 14.9 Å². The predicted octanol–water partition coefficient (Wildman–Crippen LogP) is 2.00. The largest absolute Gasteiger partial charge is 0.474 e. The first kappa shape index (κ1) is 16.8. The molecule has 0 aliphatic carbocycles. The molecule has 1 amide bonds. The first-order valence-corrected chi connectivity index (χ1v) is 8.06. The second-order valence-electron chi connectivity index (χ2n) is 5.81. The molecule has 0 atom stereocenters. The van der Waals surface area contributed by atoms with Gasteiger partial charge < -0.3 is 9.64 Å². The van der Waals surface area contributed by atoms with Gasteiger partial charge in [0.05, 0.1) is 11.3 Å². The predicted molar refractivity (Wildman–Crippen MR) is 89.1 cm³/mol. The summed E-state index contributed by atoms with van der Waals surface area (Å²) in [4.78, 5) is 32.7. The van der Waals surface area contributed by atoms with Gasteiger partial charge in [-0.15, -0.1) is 0 Å². The zero-order chi connectivity index (χ0) is 17.6. The van der Waals surface area contributed by atoms with Crippen LogP contribution in [0.3, 0.4) is 0 Å². The van der Waals surface area contributed by atoms with Gasteiger partial charge in [0.25, 0.3) is 5.69 Å². The maximum absolute atomic E-state index is 12.4. The molecule has 1 aliphatic rings. The summed E-state index contributed by atoms with van der Waals surface area (Å²) in [5.41, 5.74) is 0.426. The molecule has 0 bridgehead atoms. The summed E-state index contributed by atoms with van der Waals surface area (Å²) in [5, 5.41) is 11.0. The molecule has 0 radical (unpaired) electrons. The second kappa shape index (κ2) is 7.69. The maximum Gasteiger partial charge on any atom is 0.273 e. The van der Waals surface area contributed by atoms with E-state index in [-0.39, 0.29) is 24.1 Å². The Labute approximate surface area is 144 Å². The normalized spacial score (nSPS) is 15.0. The number of rotatable bonds is 5. The van der Waals surface area contributed by atoms with Gasteiger partial charge in [-0.1, -0.05) is 18.2 Å². The number of nitro benzene ring substituents is 1. The molecule has 1 fully saturated rings. The fraction of sp³-hybridized carbons (Fsp3) is 0.353. The summed E-state index contributed by atoms with van der Waals surface area (Å²) < 4.78 is 5.77. The Morgan fingerprint density at radius 1 is 1.28 bits per heavy atom. The van der Waals surface area contributed by atoms with E-state index in [9.17, 15) is 14.9 Å². The van der Waals surface area contributed by atoms with E-state index in [2.05, 4.69) is 9.97 Å². The number of para-hydroxylation sites is 1. The van der Waals surface area contributed by atoms with Crippen LogP contribution in [-0.2, 0) is 11.2 Å². The van der Waals surface area contributed by atoms with Gasteiger partial charge in [0.15, 0.2) is 0 Å². The van der Waals surface area contributed by atoms with E-state index in [1.807, 2.05) is 0 Å². The average Bonchev–Trinajstić information content (AvgIpc) is 2.63. The van der Waals surface area contributed by atoms with Crippen LogP contribution >= 0.6 is 0 Å². The van der Waals surface area contributed by atoms with Crippen molar-refractivity contribution in [1.29, 1.82) is 0 Å². The number of hydrogen-bond donors (Lipinski definition) is 0. The number of likely N-dealkylation sites (tertiary alicyclic amines) is 1. The molecule has 8 nitrogen and oxygen atoms in total. The fourth-order valence-electron chi connectivity index (χ4n) is 2.86. The van der Waals surface area contributed by atoms with Crippen LogP contribution in [0.1, 0.15) is 18.4 Å². The summed E-state index contributed by atoms with van der Waals surface area (Å²) in [6, 6.07) is 8.05. The van der Waals surface area contributed by atoms with Crippen LogP contribution in [0, 0.1) is 10.1 Å². The first-order valence-electron chi connectivity index (χ1n) is 8.06. The van der Waals surface area contributed by atoms with Crippen molar-refractivity contribution in [2.24, 2.45) is 0 Å². The Balaban J connectivity index is 1.54. The molecule has 0 saturated carbocycles. The highest BCUT2D eigenvalue weighted by atomic mass is 16.6. The highest BCUT2D eigenvalue weighted by molar-refractivity contribution is 5.80. The third-order valence-corrected chi connectivity index (χ3v) is 4.17. The van der Waals surface area contributed by atoms with Crippen LogP contribution < -0.4 is 4.74 Å². The lowest BCUT2D eigenvalue weighted by molar-refractivity contribution is -0.385. The molecular weight excluding hydrogens is 324 g/mol. The lowest BCUT2D eigenvalue weighted by atomic mass is 10.1. The SMILES string of the molecule is O=C(Cc1ccccc1[N+](=O)[O-])N1CCC(Oc2ccncn2)CC1. The Hall–Kier alpha value is -3.03. The van der Waals surface area contributed by atoms with Crippen molar-refractivity contribution in [2.75, 3.05) is 13.1 Å². The highest BCUT2D eigenvalue weighted by Crippen LogP contribution is 2.21. The summed E-state index contributed by atoms with van der Waals surface area (Å²) in [6.45, 7) is 1.13. The molecule has 1 aliphatic heterocycles. The minimum atomic E-state index is -0.454. The van der Waals surface area contributed by atoms with Gasteiger partial charge in [0.2, 0.25) is 11.8 Å². The number of aromatic nitrogens is 2. The number of carbonyl (C=O) groups excluding carboxylic acids is 1. The molecule has 0 unspecified atom stereocenters. The number of ether oxygens (including phenoxy) is 1. The lowest BCUT2D eigenvalue weighted by Gasteiger charge is -2.32.